The van der Waals surface area contributed by atoms with Crippen molar-refractivity contribution in [3.8, 4) is 11.1 Å². The van der Waals surface area contributed by atoms with Gasteiger partial charge in [0.2, 0.25) is 0 Å². The second-order valence-corrected chi connectivity index (χ2v) is 9.71. The van der Waals surface area contributed by atoms with E-state index in [2.05, 4.69) is 55.5 Å². The number of ketones is 1. The van der Waals surface area contributed by atoms with Gasteiger partial charge >= 0.3 is 6.09 Å². The zero-order chi connectivity index (χ0) is 23.9. The Kier molecular flexibility index (Phi) is 8.21. The van der Waals surface area contributed by atoms with Crippen LogP contribution in [0.1, 0.15) is 82.3 Å². The molecule has 2 aliphatic rings. The molecule has 1 aliphatic carbocycles. The number of Topliss-reactive ketones (excluding diaryl/α,β-unsaturated/α-hetero) is 1. The molecule has 2 aromatic carbocycles. The Morgan fingerprint density at radius 3 is 2.29 bits per heavy atom. The number of unbranched alkanes of at least 4 members (excludes halogenated alkanes) is 5. The Hall–Kier alpha value is -2.88. The van der Waals surface area contributed by atoms with Crippen LogP contribution < -0.4 is 0 Å². The van der Waals surface area contributed by atoms with Crippen molar-refractivity contribution >= 4 is 11.9 Å². The number of hydrogen-bond donors (Lipinski definition) is 0. The van der Waals surface area contributed by atoms with Crippen LogP contribution in [0.3, 0.4) is 0 Å². The Labute approximate surface area is 204 Å². The smallest absolute Gasteiger partial charge is 0.410 e. The van der Waals surface area contributed by atoms with Gasteiger partial charge in [-0.15, -0.1) is 0 Å². The lowest BCUT2D eigenvalue weighted by molar-refractivity contribution is -0.123. The molecular weight excluding hydrogens is 422 g/mol. The molecule has 4 nitrogen and oxygen atoms in total. The highest BCUT2D eigenvalue weighted by atomic mass is 16.6. The molecule has 1 aliphatic heterocycles. The van der Waals surface area contributed by atoms with Crippen LogP contribution in [0.5, 0.6) is 0 Å². The maximum absolute atomic E-state index is 13.3. The van der Waals surface area contributed by atoms with Crippen LogP contribution in [0, 0.1) is 0 Å². The van der Waals surface area contributed by atoms with E-state index in [1.54, 1.807) is 4.90 Å². The average molecular weight is 460 g/mol. The number of benzene rings is 2. The van der Waals surface area contributed by atoms with Gasteiger partial charge in [-0.3, -0.25) is 9.69 Å². The van der Waals surface area contributed by atoms with E-state index in [1.807, 2.05) is 19.1 Å². The van der Waals surface area contributed by atoms with E-state index >= 15 is 0 Å². The molecule has 0 radical (unpaired) electrons. The minimum Gasteiger partial charge on any atom is -0.448 e. The molecular formula is C30H37NO3. The van der Waals surface area contributed by atoms with E-state index in [9.17, 15) is 9.59 Å². The van der Waals surface area contributed by atoms with Crippen LogP contribution >= 0.6 is 0 Å². The lowest BCUT2D eigenvalue weighted by atomic mass is 9.95. The van der Waals surface area contributed by atoms with Gasteiger partial charge in [0.25, 0.3) is 0 Å². The monoisotopic (exact) mass is 459 g/mol. The summed E-state index contributed by atoms with van der Waals surface area (Å²) < 4.78 is 5.93. The molecule has 0 bridgehead atoms. The van der Waals surface area contributed by atoms with Crippen molar-refractivity contribution in [3.63, 3.8) is 0 Å². The van der Waals surface area contributed by atoms with E-state index in [0.29, 0.717) is 19.4 Å². The van der Waals surface area contributed by atoms with Crippen molar-refractivity contribution in [2.75, 3.05) is 6.61 Å². The molecule has 1 amide bonds. The quantitative estimate of drug-likeness (QED) is 0.292. The number of hydrogen-bond acceptors (Lipinski definition) is 3. The zero-order valence-corrected chi connectivity index (χ0v) is 20.5. The number of allylic oxidation sites excluding steroid dienone is 1. The molecule has 1 heterocycles. The van der Waals surface area contributed by atoms with Gasteiger partial charge < -0.3 is 4.74 Å². The fourth-order valence-corrected chi connectivity index (χ4v) is 5.43. The van der Waals surface area contributed by atoms with Crippen molar-refractivity contribution in [2.45, 2.75) is 83.2 Å². The summed E-state index contributed by atoms with van der Waals surface area (Å²) in [5.41, 5.74) is 4.85. The molecule has 1 saturated heterocycles. The summed E-state index contributed by atoms with van der Waals surface area (Å²) in [6.07, 6.45) is 11.8. The summed E-state index contributed by atoms with van der Waals surface area (Å²) in [5.74, 6) is 0.253. The van der Waals surface area contributed by atoms with Gasteiger partial charge in [0, 0.05) is 24.8 Å². The molecule has 180 valence electrons. The molecule has 2 aromatic rings. The van der Waals surface area contributed by atoms with Crippen molar-refractivity contribution in [2.24, 2.45) is 0 Å². The Bertz CT molecular complexity index is 982. The minimum atomic E-state index is -0.320. The number of ether oxygens (including phenoxy) is 1. The SMILES string of the molecule is CCCCCCC/C=C/[C@@H]1CC(=O)C[C@H](C)N1C(=O)OCC1c2ccccc2-c2ccccc21. The summed E-state index contributed by atoms with van der Waals surface area (Å²) in [6, 6.07) is 16.3. The molecule has 0 N–H and O–H groups in total. The number of amides is 1. The molecule has 34 heavy (non-hydrogen) atoms. The van der Waals surface area contributed by atoms with Crippen molar-refractivity contribution in [3.05, 3.63) is 71.8 Å². The van der Waals surface area contributed by atoms with Crippen LogP contribution in [0.15, 0.2) is 60.7 Å². The molecule has 0 unspecified atom stereocenters. The number of fused-ring (bicyclic) bond motifs is 3. The molecule has 4 rings (SSSR count). The highest BCUT2D eigenvalue weighted by molar-refractivity contribution is 5.83. The van der Waals surface area contributed by atoms with Crippen molar-refractivity contribution in [1.29, 1.82) is 0 Å². The minimum absolute atomic E-state index is 0.0372. The third-order valence-corrected chi connectivity index (χ3v) is 7.17. The Morgan fingerprint density at radius 2 is 1.62 bits per heavy atom. The number of rotatable bonds is 9. The maximum atomic E-state index is 13.3. The maximum Gasteiger partial charge on any atom is 0.410 e. The standard InChI is InChI=1S/C30H37NO3/c1-3-4-5-6-7-8-9-14-23-20-24(32)19-22(2)31(23)30(33)34-21-29-27-17-12-10-15-25(27)26-16-11-13-18-28(26)29/h9-18,22-23,29H,3-8,19-21H2,1-2H3/b14-9+/t22-,23+/m0/s1. The number of likely N-dealkylation sites (tertiary alicyclic amines) is 1. The van der Waals surface area contributed by atoms with Gasteiger partial charge in [0.05, 0.1) is 6.04 Å². The van der Waals surface area contributed by atoms with Gasteiger partial charge in [-0.2, -0.15) is 0 Å². The van der Waals surface area contributed by atoms with Gasteiger partial charge in [0.1, 0.15) is 12.4 Å². The normalized spacial score (nSPS) is 19.9. The fraction of sp³-hybridized carbons (Fsp3) is 0.467. The van der Waals surface area contributed by atoms with Crippen LogP contribution in [-0.2, 0) is 9.53 Å². The third-order valence-electron chi connectivity index (χ3n) is 7.17. The Morgan fingerprint density at radius 1 is 0.971 bits per heavy atom. The number of carbonyl (C=O) groups is 2. The average Bonchev–Trinajstić information content (AvgIpc) is 3.15. The summed E-state index contributed by atoms with van der Waals surface area (Å²) in [6.45, 7) is 4.47. The largest absolute Gasteiger partial charge is 0.448 e. The van der Waals surface area contributed by atoms with Crippen LogP contribution in [0.2, 0.25) is 0 Å². The van der Waals surface area contributed by atoms with Crippen LogP contribution in [-0.4, -0.2) is 35.5 Å². The second kappa shape index (κ2) is 11.5. The highest BCUT2D eigenvalue weighted by Gasteiger charge is 2.36. The lowest BCUT2D eigenvalue weighted by Crippen LogP contribution is -2.51. The number of piperidine rings is 1. The van der Waals surface area contributed by atoms with Crippen LogP contribution in [0.25, 0.3) is 11.1 Å². The summed E-state index contributed by atoms with van der Waals surface area (Å²) in [7, 11) is 0. The van der Waals surface area contributed by atoms with E-state index in [1.165, 1.54) is 47.9 Å². The predicted molar refractivity (Wildman–Crippen MR) is 137 cm³/mol. The molecule has 1 fully saturated rings. The highest BCUT2D eigenvalue weighted by Crippen LogP contribution is 2.44. The van der Waals surface area contributed by atoms with Gasteiger partial charge in [-0.25, -0.2) is 4.79 Å². The third kappa shape index (κ3) is 5.43. The lowest BCUT2D eigenvalue weighted by Gasteiger charge is -2.38. The Balaban J connectivity index is 1.41. The van der Waals surface area contributed by atoms with Crippen molar-refractivity contribution < 1.29 is 14.3 Å². The second-order valence-electron chi connectivity index (χ2n) is 9.71. The van der Waals surface area contributed by atoms with E-state index in [0.717, 1.165) is 12.8 Å². The molecule has 0 spiro atoms. The van der Waals surface area contributed by atoms with E-state index in [-0.39, 0.29) is 29.9 Å². The van der Waals surface area contributed by atoms with Crippen LogP contribution in [0.4, 0.5) is 4.79 Å². The summed E-state index contributed by atoms with van der Waals surface area (Å²) in [5, 5.41) is 0. The van der Waals surface area contributed by atoms with Gasteiger partial charge in [-0.1, -0.05) is 93.3 Å². The summed E-state index contributed by atoms with van der Waals surface area (Å²) in [4.78, 5) is 27.3. The van der Waals surface area contributed by atoms with Gasteiger partial charge in [-0.05, 0) is 42.0 Å². The first-order chi connectivity index (χ1) is 16.6. The van der Waals surface area contributed by atoms with Gasteiger partial charge in [0.15, 0.2) is 0 Å². The van der Waals surface area contributed by atoms with E-state index in [4.69, 9.17) is 4.74 Å². The molecule has 0 aromatic heterocycles. The molecule has 2 atom stereocenters. The first kappa shape index (κ1) is 24.3. The molecule has 4 heteroatoms. The van der Waals surface area contributed by atoms with E-state index < -0.39 is 0 Å². The predicted octanol–water partition coefficient (Wildman–Crippen LogP) is 7.27. The summed E-state index contributed by atoms with van der Waals surface area (Å²) >= 11 is 0. The topological polar surface area (TPSA) is 46.6 Å². The first-order valence-electron chi connectivity index (χ1n) is 12.9. The molecule has 0 saturated carbocycles. The first-order valence-corrected chi connectivity index (χ1v) is 12.9. The fourth-order valence-electron chi connectivity index (χ4n) is 5.43. The number of nitrogens with zero attached hydrogens (tertiary/aromatic N) is 1. The van der Waals surface area contributed by atoms with Crippen molar-refractivity contribution in [1.82, 2.24) is 4.90 Å². The number of carbonyl (C=O) groups excluding carboxylic acids is 2. The zero-order valence-electron chi connectivity index (χ0n) is 20.5.